The number of nitrogens with zero attached hydrogens (tertiary/aromatic N) is 1. The maximum Gasteiger partial charge on any atom is 0.191 e. The molecule has 1 aliphatic heterocycles. The molecule has 1 aliphatic rings. The molecule has 7 heteroatoms. The zero-order valence-corrected chi connectivity index (χ0v) is 19.5. The summed E-state index contributed by atoms with van der Waals surface area (Å²) < 4.78 is 11.4. The van der Waals surface area contributed by atoms with Gasteiger partial charge in [0, 0.05) is 43.6 Å². The molecule has 158 valence electrons. The van der Waals surface area contributed by atoms with Crippen molar-refractivity contribution in [3.63, 3.8) is 0 Å². The number of methoxy groups -OCH3 is 1. The molecule has 0 fully saturated rings. The summed E-state index contributed by atoms with van der Waals surface area (Å²) in [5, 5.41) is 16.3. The van der Waals surface area contributed by atoms with Gasteiger partial charge in [0.15, 0.2) is 5.96 Å². The van der Waals surface area contributed by atoms with Crippen molar-refractivity contribution in [3.8, 4) is 11.5 Å². The molecular formula is C22H30IN3O3. The normalized spacial score (nSPS) is 16.3. The summed E-state index contributed by atoms with van der Waals surface area (Å²) in [5.74, 6) is 2.45. The summed E-state index contributed by atoms with van der Waals surface area (Å²) in [5.41, 5.74) is 3.30. The minimum Gasteiger partial charge on any atom is -0.496 e. The first-order valence-electron chi connectivity index (χ1n) is 9.61. The predicted molar refractivity (Wildman–Crippen MR) is 127 cm³/mol. The van der Waals surface area contributed by atoms with E-state index in [9.17, 15) is 5.11 Å². The Morgan fingerprint density at radius 3 is 2.69 bits per heavy atom. The molecule has 0 saturated carbocycles. The molecule has 2 aromatic carbocycles. The third-order valence-corrected chi connectivity index (χ3v) is 4.98. The number of aliphatic imine (C=N–C) groups is 1. The van der Waals surface area contributed by atoms with Crippen LogP contribution in [-0.4, -0.2) is 44.5 Å². The van der Waals surface area contributed by atoms with Gasteiger partial charge in [0.1, 0.15) is 17.6 Å². The topological polar surface area (TPSA) is 75.1 Å². The van der Waals surface area contributed by atoms with Gasteiger partial charge in [0.05, 0.1) is 13.7 Å². The van der Waals surface area contributed by atoms with E-state index in [1.54, 1.807) is 14.2 Å². The van der Waals surface area contributed by atoms with Gasteiger partial charge in [0.25, 0.3) is 0 Å². The molecule has 0 spiro atoms. The van der Waals surface area contributed by atoms with E-state index in [4.69, 9.17) is 9.47 Å². The number of hydrogen-bond donors (Lipinski definition) is 3. The zero-order chi connectivity index (χ0) is 19.9. The van der Waals surface area contributed by atoms with E-state index in [1.165, 1.54) is 5.56 Å². The summed E-state index contributed by atoms with van der Waals surface area (Å²) in [4.78, 5) is 4.28. The molecular weight excluding hydrogens is 481 g/mol. The number of benzene rings is 2. The molecule has 29 heavy (non-hydrogen) atoms. The molecule has 0 saturated heterocycles. The van der Waals surface area contributed by atoms with Gasteiger partial charge in [-0.25, -0.2) is 0 Å². The number of halogens is 1. The Morgan fingerprint density at radius 1 is 1.28 bits per heavy atom. The highest BCUT2D eigenvalue weighted by atomic mass is 127. The van der Waals surface area contributed by atoms with Crippen molar-refractivity contribution in [1.82, 2.24) is 10.6 Å². The van der Waals surface area contributed by atoms with E-state index in [0.29, 0.717) is 19.0 Å². The Kier molecular flexibility index (Phi) is 9.03. The highest BCUT2D eigenvalue weighted by molar-refractivity contribution is 14.0. The van der Waals surface area contributed by atoms with Crippen LogP contribution in [0.3, 0.4) is 0 Å². The third-order valence-electron chi connectivity index (χ3n) is 4.98. The van der Waals surface area contributed by atoms with Crippen LogP contribution in [0.4, 0.5) is 0 Å². The Labute approximate surface area is 189 Å². The number of nitrogens with one attached hydrogen (secondary N) is 2. The molecule has 0 aromatic heterocycles. The summed E-state index contributed by atoms with van der Waals surface area (Å²) in [6, 6.07) is 14.1. The number of hydrogen-bond acceptors (Lipinski definition) is 4. The number of guanidine groups is 1. The number of rotatable bonds is 7. The van der Waals surface area contributed by atoms with Crippen LogP contribution in [0.25, 0.3) is 0 Å². The fourth-order valence-electron chi connectivity index (χ4n) is 3.44. The Hall–Kier alpha value is -2.00. The van der Waals surface area contributed by atoms with E-state index >= 15 is 0 Å². The van der Waals surface area contributed by atoms with Crippen molar-refractivity contribution in [1.29, 1.82) is 0 Å². The zero-order valence-electron chi connectivity index (χ0n) is 17.1. The van der Waals surface area contributed by atoms with Crippen LogP contribution >= 0.6 is 24.0 Å². The molecule has 0 radical (unpaired) electrons. The molecule has 3 rings (SSSR count). The predicted octanol–water partition coefficient (Wildman–Crippen LogP) is 3.08. The highest BCUT2D eigenvalue weighted by Crippen LogP contribution is 2.34. The molecule has 0 bridgehead atoms. The van der Waals surface area contributed by atoms with Gasteiger partial charge in [-0.15, -0.1) is 24.0 Å². The van der Waals surface area contributed by atoms with Crippen molar-refractivity contribution in [2.24, 2.45) is 4.99 Å². The van der Waals surface area contributed by atoms with Crippen LogP contribution in [0.15, 0.2) is 47.5 Å². The first-order valence-corrected chi connectivity index (χ1v) is 9.61. The van der Waals surface area contributed by atoms with Gasteiger partial charge in [-0.05, 0) is 24.6 Å². The average Bonchev–Trinajstić information content (AvgIpc) is 3.09. The number of fused-ring (bicyclic) bond motifs is 1. The van der Waals surface area contributed by atoms with E-state index < -0.39 is 0 Å². The third kappa shape index (κ3) is 5.99. The second kappa shape index (κ2) is 11.3. The Bertz CT molecular complexity index is 814. The van der Waals surface area contributed by atoms with Gasteiger partial charge < -0.3 is 25.2 Å². The van der Waals surface area contributed by atoms with Crippen LogP contribution < -0.4 is 20.1 Å². The Morgan fingerprint density at radius 2 is 2.03 bits per heavy atom. The number of ether oxygens (including phenoxy) is 2. The van der Waals surface area contributed by atoms with Gasteiger partial charge in [-0.3, -0.25) is 4.99 Å². The smallest absolute Gasteiger partial charge is 0.191 e. The van der Waals surface area contributed by atoms with Crippen LogP contribution in [0.5, 0.6) is 11.5 Å². The molecule has 1 heterocycles. The molecule has 2 atom stereocenters. The maximum absolute atomic E-state index is 9.72. The van der Waals surface area contributed by atoms with Crippen molar-refractivity contribution in [2.45, 2.75) is 31.9 Å². The second-order valence-corrected chi connectivity index (χ2v) is 7.00. The second-order valence-electron chi connectivity index (χ2n) is 7.00. The lowest BCUT2D eigenvalue weighted by molar-refractivity contribution is 0.254. The summed E-state index contributed by atoms with van der Waals surface area (Å²) in [7, 11) is 3.42. The van der Waals surface area contributed by atoms with Crippen molar-refractivity contribution in [2.75, 3.05) is 27.3 Å². The van der Waals surface area contributed by atoms with E-state index in [2.05, 4.69) is 28.6 Å². The maximum atomic E-state index is 9.72. The van der Waals surface area contributed by atoms with Gasteiger partial charge in [-0.2, -0.15) is 0 Å². The fourth-order valence-corrected chi connectivity index (χ4v) is 3.44. The fraction of sp³-hybridized carbons (Fsp3) is 0.409. The van der Waals surface area contributed by atoms with E-state index in [1.807, 2.05) is 36.4 Å². The lowest BCUT2D eigenvalue weighted by atomic mass is 10.0. The molecule has 0 aliphatic carbocycles. The SMILES string of the molecule is CN=C(NCc1cc2c(cc1OC)CC(C)O2)NCC(CO)c1ccccc1.I. The average molecular weight is 511 g/mol. The summed E-state index contributed by atoms with van der Waals surface area (Å²) in [6.45, 7) is 3.29. The molecule has 2 unspecified atom stereocenters. The standard InChI is InChI=1S/C22H29N3O3.HI/c1-15-9-17-10-20(27-3)18(11-21(17)28-15)12-24-22(23-2)25-13-19(14-26)16-7-5-4-6-8-16;/h4-8,10-11,15,19,26H,9,12-14H2,1-3H3,(H2,23,24,25);1H. The van der Waals surface area contributed by atoms with Crippen molar-refractivity contribution < 1.29 is 14.6 Å². The minimum absolute atomic E-state index is 0. The van der Waals surface area contributed by atoms with Crippen molar-refractivity contribution in [3.05, 3.63) is 59.2 Å². The van der Waals surface area contributed by atoms with Crippen LogP contribution in [0, 0.1) is 0 Å². The number of aliphatic hydroxyl groups is 1. The monoisotopic (exact) mass is 511 g/mol. The van der Waals surface area contributed by atoms with Crippen molar-refractivity contribution >= 4 is 29.9 Å². The van der Waals surface area contributed by atoms with Crippen LogP contribution in [0.2, 0.25) is 0 Å². The summed E-state index contributed by atoms with van der Waals surface area (Å²) >= 11 is 0. The van der Waals surface area contributed by atoms with E-state index in [0.717, 1.165) is 29.0 Å². The van der Waals surface area contributed by atoms with Gasteiger partial charge in [-0.1, -0.05) is 30.3 Å². The van der Waals surface area contributed by atoms with Crippen LogP contribution in [-0.2, 0) is 13.0 Å². The molecule has 2 aromatic rings. The number of aliphatic hydroxyl groups excluding tert-OH is 1. The largest absolute Gasteiger partial charge is 0.496 e. The van der Waals surface area contributed by atoms with Crippen LogP contribution in [0.1, 0.15) is 29.5 Å². The Balaban J connectivity index is 0.00000300. The molecule has 0 amide bonds. The summed E-state index contributed by atoms with van der Waals surface area (Å²) in [6.07, 6.45) is 1.11. The minimum atomic E-state index is 0. The molecule has 6 nitrogen and oxygen atoms in total. The lowest BCUT2D eigenvalue weighted by Gasteiger charge is -2.19. The van der Waals surface area contributed by atoms with Gasteiger partial charge in [0.2, 0.25) is 0 Å². The first-order chi connectivity index (χ1) is 13.6. The van der Waals surface area contributed by atoms with E-state index in [-0.39, 0.29) is 42.6 Å². The first kappa shape index (κ1) is 23.3. The highest BCUT2D eigenvalue weighted by Gasteiger charge is 2.21. The lowest BCUT2D eigenvalue weighted by Crippen LogP contribution is -2.39. The quantitative estimate of drug-likeness (QED) is 0.303. The van der Waals surface area contributed by atoms with Gasteiger partial charge >= 0.3 is 0 Å². The molecule has 3 N–H and O–H groups in total.